The van der Waals surface area contributed by atoms with E-state index >= 15 is 0 Å². The molecule has 0 heterocycles. The summed E-state index contributed by atoms with van der Waals surface area (Å²) in [7, 11) is -4.55. The molecule has 0 unspecified atom stereocenters. The minimum atomic E-state index is -4.55. The second kappa shape index (κ2) is 11.7. The maximum atomic E-state index is 13.2. The topological polar surface area (TPSA) is 130 Å². The number of hydrogen-bond acceptors (Lipinski definition) is 7. The number of benzene rings is 3. The third kappa shape index (κ3) is 6.83. The second-order valence-electron chi connectivity index (χ2n) is 7.72. The van der Waals surface area contributed by atoms with Gasteiger partial charge in [0.05, 0.1) is 15.9 Å². The minimum Gasteiger partial charge on any atom is -0.258 e. The second-order valence-corrected chi connectivity index (χ2v) is 14.2. The van der Waals surface area contributed by atoms with E-state index in [1.54, 1.807) is 0 Å². The summed E-state index contributed by atoms with van der Waals surface area (Å²) in [5, 5.41) is 22.5. The van der Waals surface area contributed by atoms with Crippen molar-refractivity contribution in [2.24, 2.45) is 0 Å². The van der Waals surface area contributed by atoms with Crippen LogP contribution in [0, 0.1) is 27.4 Å². The molecule has 0 aliphatic rings. The third-order valence-electron chi connectivity index (χ3n) is 5.03. The quantitative estimate of drug-likeness (QED) is 0.185. The summed E-state index contributed by atoms with van der Waals surface area (Å²) in [6.07, 6.45) is 3.71. The van der Waals surface area contributed by atoms with E-state index in [-0.39, 0.29) is 0 Å². The molecule has 0 saturated heterocycles. The fraction of sp³-hybridized carbons (Fsp3) is 0.250. The minimum absolute atomic E-state index is 0.620. The number of non-ortho nitro benzene ring substituents is 2. The molecule has 9 nitrogen and oxygen atoms in total. The molecule has 0 spiro atoms. The van der Waals surface area contributed by atoms with Crippen molar-refractivity contribution in [2.75, 3.05) is 0 Å². The van der Waals surface area contributed by atoms with Gasteiger partial charge in [0.15, 0.2) is 7.14 Å². The Morgan fingerprint density at radius 3 is 1.49 bits per heavy atom. The number of nitro benzene ring substituents is 2. The summed E-state index contributed by atoms with van der Waals surface area (Å²) in [4.78, 5) is 20.1. The summed E-state index contributed by atoms with van der Waals surface area (Å²) in [5.41, 5.74) is 0.828. The van der Waals surface area contributed by atoms with Gasteiger partial charge in [-0.15, -0.1) is 0 Å². The molecular formula is C24H25IN2O7S+. The van der Waals surface area contributed by atoms with Gasteiger partial charge in [-0.1, -0.05) is 51.0 Å². The van der Waals surface area contributed by atoms with Crippen LogP contribution in [0.15, 0.2) is 71.6 Å². The van der Waals surface area contributed by atoms with Gasteiger partial charge in [-0.2, -0.15) is 8.42 Å². The van der Waals surface area contributed by atoms with Crippen molar-refractivity contribution in [3.8, 4) is 0 Å². The Morgan fingerprint density at radius 2 is 1.14 bits per heavy atom. The van der Waals surface area contributed by atoms with Crippen molar-refractivity contribution in [1.29, 1.82) is 0 Å². The lowest BCUT2D eigenvalue weighted by Crippen LogP contribution is -3.85. The highest BCUT2D eigenvalue weighted by Gasteiger charge is 2.39. The molecule has 0 aliphatic heterocycles. The van der Waals surface area contributed by atoms with Crippen molar-refractivity contribution >= 4 is 21.5 Å². The maximum absolute atomic E-state index is 13.2. The van der Waals surface area contributed by atoms with Gasteiger partial charge < -0.3 is 0 Å². The number of rotatable bonds is 11. The Morgan fingerprint density at radius 1 is 0.743 bits per heavy atom. The van der Waals surface area contributed by atoms with Crippen LogP contribution in [0.25, 0.3) is 0 Å². The van der Waals surface area contributed by atoms with Crippen LogP contribution in [0.3, 0.4) is 0 Å². The van der Waals surface area contributed by atoms with E-state index < -0.39 is 56.5 Å². The Balaban J connectivity index is 2.06. The number of nitrogens with zero attached hydrogens (tertiary/aromatic N) is 2. The first-order chi connectivity index (χ1) is 16.6. The molecule has 0 aromatic heterocycles. The summed E-state index contributed by atoms with van der Waals surface area (Å²) in [6.45, 7) is 4.14. The lowest BCUT2D eigenvalue weighted by Gasteiger charge is -2.08. The SMILES string of the molecule is CCCc1ccc([I+](OS(=O)(=O)c2cc([N+](=O)[O-])cc([N+](=O)[O-])c2)c2ccc(CCC)cc2)cc1. The molecule has 185 valence electrons. The van der Waals surface area contributed by atoms with Crippen molar-refractivity contribution < 1.29 is 41.0 Å². The zero-order valence-corrected chi connectivity index (χ0v) is 22.2. The molecule has 0 N–H and O–H groups in total. The van der Waals surface area contributed by atoms with Crippen LogP contribution in [-0.4, -0.2) is 18.3 Å². The maximum Gasteiger partial charge on any atom is 0.336 e. The smallest absolute Gasteiger partial charge is 0.258 e. The van der Waals surface area contributed by atoms with E-state index in [9.17, 15) is 28.6 Å². The van der Waals surface area contributed by atoms with Crippen LogP contribution in [0.5, 0.6) is 0 Å². The zero-order valence-electron chi connectivity index (χ0n) is 19.2. The van der Waals surface area contributed by atoms with E-state index in [0.717, 1.165) is 56.1 Å². The zero-order chi connectivity index (χ0) is 25.6. The predicted molar refractivity (Wildman–Crippen MR) is 126 cm³/mol. The Kier molecular flexibility index (Phi) is 8.92. The molecule has 0 saturated carbocycles. The van der Waals surface area contributed by atoms with Gasteiger partial charge in [-0.05, 0) is 50.7 Å². The van der Waals surface area contributed by atoms with Gasteiger partial charge in [-0.25, -0.2) is 0 Å². The highest BCUT2D eigenvalue weighted by molar-refractivity contribution is 7.86. The largest absolute Gasteiger partial charge is 0.336 e. The third-order valence-corrected chi connectivity index (χ3v) is 12.3. The van der Waals surface area contributed by atoms with E-state index in [2.05, 4.69) is 13.8 Å². The van der Waals surface area contributed by atoms with Gasteiger partial charge in [0.2, 0.25) is 0 Å². The highest BCUT2D eigenvalue weighted by Crippen LogP contribution is 2.26. The lowest BCUT2D eigenvalue weighted by molar-refractivity contribution is -1.03. The standard InChI is InChI=1S/C24H25IN2O7S/c1-3-5-18-7-11-20(12-8-18)25(21-13-9-19(6-4-2)10-14-21)34-35(32,33)24-16-22(26(28)29)15-23(17-24)27(30)31/h7-17H,3-6H2,1-2H3/q+1. The molecule has 0 bridgehead atoms. The summed E-state index contributed by atoms with van der Waals surface area (Å²) in [5.74, 6) is 0. The molecule has 3 aromatic carbocycles. The van der Waals surface area contributed by atoms with E-state index in [0.29, 0.717) is 6.07 Å². The molecule has 0 atom stereocenters. The molecule has 3 rings (SSSR count). The lowest BCUT2D eigenvalue weighted by atomic mass is 10.1. The van der Waals surface area contributed by atoms with E-state index in [4.69, 9.17) is 2.51 Å². The summed E-state index contributed by atoms with van der Waals surface area (Å²) < 4.78 is 33.7. The van der Waals surface area contributed by atoms with Crippen LogP contribution < -0.4 is 20.2 Å². The fourth-order valence-electron chi connectivity index (χ4n) is 3.35. The molecular weight excluding hydrogens is 587 g/mol. The summed E-state index contributed by atoms with van der Waals surface area (Å²) in [6, 6.07) is 17.4. The van der Waals surface area contributed by atoms with Crippen LogP contribution in [0.1, 0.15) is 37.8 Å². The predicted octanol–water partition coefficient (Wildman–Crippen LogP) is 2.39. The number of halogens is 1. The van der Waals surface area contributed by atoms with Crippen molar-refractivity contribution in [1.82, 2.24) is 0 Å². The van der Waals surface area contributed by atoms with Gasteiger partial charge in [-0.3, -0.25) is 20.2 Å². The van der Waals surface area contributed by atoms with Crippen LogP contribution in [0.4, 0.5) is 11.4 Å². The average molecular weight is 612 g/mol. The van der Waals surface area contributed by atoms with Crippen molar-refractivity contribution in [3.63, 3.8) is 0 Å². The average Bonchev–Trinajstić information content (AvgIpc) is 2.84. The highest BCUT2D eigenvalue weighted by atomic mass is 127. The van der Waals surface area contributed by atoms with E-state index in [1.165, 1.54) is 0 Å². The molecule has 0 aliphatic carbocycles. The molecule has 35 heavy (non-hydrogen) atoms. The van der Waals surface area contributed by atoms with Crippen LogP contribution in [-0.2, 0) is 25.5 Å². The molecule has 11 heteroatoms. The van der Waals surface area contributed by atoms with Crippen molar-refractivity contribution in [2.45, 2.75) is 44.4 Å². The van der Waals surface area contributed by atoms with Crippen LogP contribution in [0.2, 0.25) is 0 Å². The van der Waals surface area contributed by atoms with Gasteiger partial charge in [0, 0.05) is 12.1 Å². The van der Waals surface area contributed by atoms with Crippen molar-refractivity contribution in [3.05, 3.63) is 105 Å². The molecule has 0 fully saturated rings. The van der Waals surface area contributed by atoms with Gasteiger partial charge in [0.25, 0.3) is 11.4 Å². The first kappa shape index (κ1) is 26.7. The first-order valence-corrected chi connectivity index (χ1v) is 15.4. The van der Waals surface area contributed by atoms with Gasteiger partial charge >= 0.3 is 30.4 Å². The molecule has 3 aromatic rings. The Bertz CT molecular complexity index is 1230. The Labute approximate surface area is 211 Å². The molecule has 0 amide bonds. The number of aryl methyl sites for hydroxylation is 2. The van der Waals surface area contributed by atoms with E-state index in [1.807, 2.05) is 48.5 Å². The fourth-order valence-corrected chi connectivity index (χ4v) is 10.3. The first-order valence-electron chi connectivity index (χ1n) is 10.9. The normalized spacial score (nSPS) is 11.5. The van der Waals surface area contributed by atoms with Gasteiger partial charge in [0.1, 0.15) is 4.90 Å². The molecule has 1 radical (unpaired) electrons. The number of hydrogen-bond donors (Lipinski definition) is 0. The Hall–Kier alpha value is -2.90. The number of nitro groups is 2. The summed E-state index contributed by atoms with van der Waals surface area (Å²) >= 11 is -3.06. The van der Waals surface area contributed by atoms with Crippen LogP contribution >= 0.6 is 0 Å². The monoisotopic (exact) mass is 612 g/mol.